The highest BCUT2D eigenvalue weighted by Crippen LogP contribution is 2.43. The van der Waals surface area contributed by atoms with Gasteiger partial charge in [-0.1, -0.05) is 188 Å². The molecule has 0 saturated heterocycles. The van der Waals surface area contributed by atoms with Gasteiger partial charge in [-0.2, -0.15) is 0 Å². The lowest BCUT2D eigenvalue weighted by Crippen LogP contribution is -2.28. The first-order valence-corrected chi connectivity index (χ1v) is 26.2. The monoisotopic (exact) mass is 886 g/mol. The van der Waals surface area contributed by atoms with Crippen molar-refractivity contribution >= 4 is 13.8 Å². The Morgan fingerprint density at radius 1 is 0.500 bits per heavy atom. The lowest BCUT2D eigenvalue weighted by Gasteiger charge is -2.20. The Labute approximate surface area is 380 Å². The van der Waals surface area contributed by atoms with Crippen molar-refractivity contribution in [2.24, 2.45) is 5.73 Å². The minimum atomic E-state index is -4.30. The van der Waals surface area contributed by atoms with Gasteiger partial charge in [-0.25, -0.2) is 4.57 Å². The molecule has 0 bridgehead atoms. The summed E-state index contributed by atoms with van der Waals surface area (Å²) in [5.74, 6) is -0.348. The SMILES string of the molecule is CC/C=C\C/C=C\C/C=C\C/C=C\C/C=C\CCCCCCCCCC(=O)OC(COCCCCCCCCC/C=C\C/C=C\C/C=C\CCCCC)COP(=O)(O)OCCN. The number of phosphoric acid groups is 1. The Bertz CT molecular complexity index is 1270. The number of rotatable bonds is 46. The van der Waals surface area contributed by atoms with E-state index in [1.807, 2.05) is 0 Å². The van der Waals surface area contributed by atoms with E-state index in [0.717, 1.165) is 103 Å². The molecule has 0 fully saturated rings. The van der Waals surface area contributed by atoms with Crippen molar-refractivity contribution in [3.8, 4) is 0 Å². The molecule has 3 N–H and O–H groups in total. The number of esters is 1. The van der Waals surface area contributed by atoms with Gasteiger partial charge in [0.15, 0.2) is 0 Å². The summed E-state index contributed by atoms with van der Waals surface area (Å²) in [6.45, 7) is 4.73. The molecule has 0 heterocycles. The second kappa shape index (κ2) is 49.4. The number of carbonyl (C=O) groups is 1. The van der Waals surface area contributed by atoms with Crippen LogP contribution in [0.15, 0.2) is 97.2 Å². The fourth-order valence-corrected chi connectivity index (χ4v) is 7.15. The molecule has 0 spiro atoms. The van der Waals surface area contributed by atoms with Gasteiger partial charge in [-0.15, -0.1) is 0 Å². The predicted octanol–water partition coefficient (Wildman–Crippen LogP) is 15.4. The quantitative estimate of drug-likeness (QED) is 0.0269. The largest absolute Gasteiger partial charge is 0.472 e. The van der Waals surface area contributed by atoms with E-state index in [2.05, 4.69) is 111 Å². The number of hydrogen-bond donors (Lipinski definition) is 2. The molecule has 0 radical (unpaired) electrons. The van der Waals surface area contributed by atoms with Gasteiger partial charge in [0.05, 0.1) is 19.8 Å². The lowest BCUT2D eigenvalue weighted by atomic mass is 10.1. The highest BCUT2D eigenvalue weighted by Gasteiger charge is 2.25. The van der Waals surface area contributed by atoms with Gasteiger partial charge >= 0.3 is 13.8 Å². The van der Waals surface area contributed by atoms with Crippen molar-refractivity contribution < 1.29 is 32.8 Å². The fraction of sp³-hybridized carbons (Fsp3) is 0.679. The summed E-state index contributed by atoms with van der Waals surface area (Å²) in [5, 5.41) is 0. The lowest BCUT2D eigenvalue weighted by molar-refractivity contribution is -0.154. The molecule has 2 atom stereocenters. The minimum absolute atomic E-state index is 0.0911. The van der Waals surface area contributed by atoms with Crippen molar-refractivity contribution in [2.75, 3.05) is 33.0 Å². The number of unbranched alkanes of at least 4 members (excludes halogenated alkanes) is 17. The van der Waals surface area contributed by atoms with E-state index < -0.39 is 13.9 Å². The van der Waals surface area contributed by atoms with Crippen LogP contribution in [0.4, 0.5) is 0 Å². The maximum atomic E-state index is 12.7. The summed E-state index contributed by atoms with van der Waals surface area (Å²) in [6.07, 6.45) is 65.7. The second-order valence-electron chi connectivity index (χ2n) is 15.9. The number of phosphoric ester groups is 1. The molecule has 2 unspecified atom stereocenters. The van der Waals surface area contributed by atoms with Crippen molar-refractivity contribution in [3.63, 3.8) is 0 Å². The first-order valence-electron chi connectivity index (χ1n) is 24.7. The molecule has 9 heteroatoms. The number of nitrogens with two attached hydrogens (primary N) is 1. The first-order chi connectivity index (χ1) is 30.4. The van der Waals surface area contributed by atoms with Crippen LogP contribution in [0.2, 0.25) is 0 Å². The van der Waals surface area contributed by atoms with Crippen molar-refractivity contribution in [1.82, 2.24) is 0 Å². The molecule has 62 heavy (non-hydrogen) atoms. The Kier molecular flexibility index (Phi) is 47.4. The Hall–Kier alpha value is -2.58. The van der Waals surface area contributed by atoms with Crippen LogP contribution in [0, 0.1) is 0 Å². The van der Waals surface area contributed by atoms with Gasteiger partial charge in [-0.3, -0.25) is 13.8 Å². The molecule has 356 valence electrons. The summed E-state index contributed by atoms with van der Waals surface area (Å²) < 4.78 is 33.5. The van der Waals surface area contributed by atoms with E-state index in [-0.39, 0.29) is 32.3 Å². The Morgan fingerprint density at radius 2 is 0.903 bits per heavy atom. The third kappa shape index (κ3) is 48.5. The molecule has 0 amide bonds. The predicted molar refractivity (Wildman–Crippen MR) is 265 cm³/mol. The van der Waals surface area contributed by atoms with Crippen LogP contribution in [0.5, 0.6) is 0 Å². The van der Waals surface area contributed by atoms with Gasteiger partial charge in [0.25, 0.3) is 0 Å². The standard InChI is InChI=1S/C53H92NO7P/c1-3-5-7-9-11-13-15-17-19-21-23-25-26-27-28-30-32-34-36-38-40-42-44-46-53(55)61-52(51-60-62(56,57)59-49-47-54)50-58-48-45-43-41-39-37-35-33-31-29-24-22-20-18-16-14-12-10-8-6-4-2/h5,7,11-14,17-20,23-25,27-29,52H,3-4,6,8-10,15-16,21-22,26,30-51,54H2,1-2H3,(H,56,57)/b7-5-,13-11-,14-12-,19-17-,20-18-,25-23-,28-27-,29-24-. The van der Waals surface area contributed by atoms with Gasteiger partial charge < -0.3 is 20.1 Å². The zero-order valence-corrected chi connectivity index (χ0v) is 40.5. The van der Waals surface area contributed by atoms with Crippen LogP contribution in [-0.4, -0.2) is 49.9 Å². The van der Waals surface area contributed by atoms with Gasteiger partial charge in [0.1, 0.15) is 6.10 Å². The highest BCUT2D eigenvalue weighted by molar-refractivity contribution is 7.47. The van der Waals surface area contributed by atoms with Gasteiger partial charge in [0.2, 0.25) is 0 Å². The molecular formula is C53H92NO7P. The Morgan fingerprint density at radius 3 is 1.35 bits per heavy atom. The molecule has 0 saturated carbocycles. The molecule has 0 aromatic rings. The molecule has 0 aliphatic carbocycles. The molecule has 0 rings (SSSR count). The van der Waals surface area contributed by atoms with Crippen LogP contribution in [0.3, 0.4) is 0 Å². The van der Waals surface area contributed by atoms with E-state index in [1.54, 1.807) is 0 Å². The minimum Gasteiger partial charge on any atom is -0.457 e. The van der Waals surface area contributed by atoms with Crippen LogP contribution >= 0.6 is 7.82 Å². The molecule has 0 aromatic heterocycles. The number of ether oxygens (including phenoxy) is 2. The fourth-order valence-electron chi connectivity index (χ4n) is 6.38. The number of hydrogen-bond acceptors (Lipinski definition) is 7. The average molecular weight is 886 g/mol. The molecule has 0 aliphatic heterocycles. The summed E-state index contributed by atoms with van der Waals surface area (Å²) in [5.41, 5.74) is 5.38. The summed E-state index contributed by atoms with van der Waals surface area (Å²) in [6, 6.07) is 0. The maximum absolute atomic E-state index is 12.7. The zero-order chi connectivity index (χ0) is 45.1. The molecular weight excluding hydrogens is 794 g/mol. The van der Waals surface area contributed by atoms with Crippen molar-refractivity contribution in [2.45, 2.75) is 200 Å². The van der Waals surface area contributed by atoms with E-state index in [0.29, 0.717) is 13.0 Å². The smallest absolute Gasteiger partial charge is 0.457 e. The van der Waals surface area contributed by atoms with Gasteiger partial charge in [-0.05, 0) is 96.3 Å². The summed E-state index contributed by atoms with van der Waals surface area (Å²) in [4.78, 5) is 22.6. The zero-order valence-electron chi connectivity index (χ0n) is 39.6. The van der Waals surface area contributed by atoms with Crippen molar-refractivity contribution in [3.05, 3.63) is 97.2 Å². The topological polar surface area (TPSA) is 117 Å². The van der Waals surface area contributed by atoms with Crippen LogP contribution in [-0.2, 0) is 27.9 Å². The van der Waals surface area contributed by atoms with Gasteiger partial charge in [0, 0.05) is 19.6 Å². The second-order valence-corrected chi connectivity index (χ2v) is 17.4. The number of carbonyl (C=O) groups excluding carboxylic acids is 1. The average Bonchev–Trinajstić information content (AvgIpc) is 3.26. The highest BCUT2D eigenvalue weighted by atomic mass is 31.2. The first kappa shape index (κ1) is 59.4. The van der Waals surface area contributed by atoms with E-state index >= 15 is 0 Å². The van der Waals surface area contributed by atoms with E-state index in [4.69, 9.17) is 24.3 Å². The maximum Gasteiger partial charge on any atom is 0.472 e. The van der Waals surface area contributed by atoms with Crippen molar-refractivity contribution in [1.29, 1.82) is 0 Å². The molecule has 0 aromatic carbocycles. The normalized spacial score (nSPS) is 14.2. The third-order valence-corrected chi connectivity index (χ3v) is 11.0. The summed E-state index contributed by atoms with van der Waals surface area (Å²) in [7, 11) is -4.30. The van der Waals surface area contributed by atoms with Crippen LogP contribution in [0.25, 0.3) is 0 Å². The molecule has 8 nitrogen and oxygen atoms in total. The Balaban J connectivity index is 4.05. The third-order valence-electron chi connectivity index (χ3n) is 9.99. The van der Waals surface area contributed by atoms with Crippen LogP contribution in [0.1, 0.15) is 194 Å². The molecule has 0 aliphatic rings. The van der Waals surface area contributed by atoms with E-state index in [1.165, 1.54) is 70.6 Å². The van der Waals surface area contributed by atoms with Crippen LogP contribution < -0.4 is 5.73 Å². The number of allylic oxidation sites excluding steroid dienone is 16. The van der Waals surface area contributed by atoms with E-state index in [9.17, 15) is 14.3 Å². The summed E-state index contributed by atoms with van der Waals surface area (Å²) >= 11 is 0.